The number of alkyl halides is 1. The van der Waals surface area contributed by atoms with Crippen LogP contribution in [0.3, 0.4) is 0 Å². The van der Waals surface area contributed by atoms with Gasteiger partial charge in [0.2, 0.25) is 0 Å². The van der Waals surface area contributed by atoms with E-state index >= 15 is 0 Å². The molecule has 0 rings (SSSR count). The van der Waals surface area contributed by atoms with Crippen LogP contribution in [0, 0.1) is 0 Å². The number of rotatable bonds is 3. The maximum absolute atomic E-state index is 11.2. The molecule has 0 fully saturated rings. The largest absolute Gasteiger partial charge is 0.444 e. The lowest BCUT2D eigenvalue weighted by Crippen LogP contribution is -2.42. The van der Waals surface area contributed by atoms with Gasteiger partial charge in [-0.05, 0) is 27.7 Å². The third-order valence-electron chi connectivity index (χ3n) is 1.35. The molecule has 0 aromatic heterocycles. The number of carbonyl (C=O) groups excluding carboxylic acids is 2. The van der Waals surface area contributed by atoms with E-state index in [0.717, 1.165) is 0 Å². The van der Waals surface area contributed by atoms with Gasteiger partial charge in [-0.2, -0.15) is 0 Å². The van der Waals surface area contributed by atoms with Gasteiger partial charge in [-0.3, -0.25) is 4.79 Å². The molecule has 0 saturated carbocycles. The lowest BCUT2D eigenvalue weighted by Gasteiger charge is -2.21. The first-order chi connectivity index (χ1) is 6.26. The van der Waals surface area contributed by atoms with Crippen LogP contribution in [0.25, 0.3) is 0 Å². The maximum Gasteiger partial charge on any atom is 0.408 e. The van der Waals surface area contributed by atoms with Crippen molar-refractivity contribution in [1.82, 2.24) is 5.32 Å². The van der Waals surface area contributed by atoms with E-state index in [2.05, 4.69) is 5.32 Å². The highest BCUT2D eigenvalue weighted by molar-refractivity contribution is 6.28. The molecular weight excluding hydrogens is 206 g/mol. The fourth-order valence-electron chi connectivity index (χ4n) is 0.681. The van der Waals surface area contributed by atoms with Crippen molar-refractivity contribution in [3.8, 4) is 0 Å². The first-order valence-corrected chi connectivity index (χ1v) is 4.88. The third-order valence-corrected chi connectivity index (χ3v) is 1.61. The van der Waals surface area contributed by atoms with E-state index in [-0.39, 0.29) is 11.7 Å². The van der Waals surface area contributed by atoms with Crippen molar-refractivity contribution in [1.29, 1.82) is 0 Å². The molecule has 0 aromatic rings. The molecule has 1 amide bonds. The number of ether oxygens (including phenoxy) is 1. The summed E-state index contributed by atoms with van der Waals surface area (Å²) in [5, 5.41) is 2.39. The second-order valence-corrected chi connectivity index (χ2v) is 4.24. The van der Waals surface area contributed by atoms with E-state index < -0.39 is 17.7 Å². The van der Waals surface area contributed by atoms with E-state index in [1.54, 1.807) is 27.7 Å². The summed E-state index contributed by atoms with van der Waals surface area (Å²) in [6.07, 6.45) is -0.608. The first-order valence-electron chi connectivity index (χ1n) is 4.34. The molecule has 0 unspecified atom stereocenters. The number of halogens is 1. The third kappa shape index (κ3) is 5.80. The minimum atomic E-state index is -0.609. The van der Waals surface area contributed by atoms with Crippen molar-refractivity contribution in [2.24, 2.45) is 0 Å². The van der Waals surface area contributed by atoms with E-state index in [1.165, 1.54) is 0 Å². The molecule has 5 heteroatoms. The fraction of sp³-hybridized carbons (Fsp3) is 0.778. The van der Waals surface area contributed by atoms with Crippen molar-refractivity contribution < 1.29 is 14.3 Å². The molecule has 4 nitrogen and oxygen atoms in total. The molecule has 1 N–H and O–H groups in total. The second-order valence-electron chi connectivity index (χ2n) is 3.97. The molecule has 0 aliphatic heterocycles. The van der Waals surface area contributed by atoms with Gasteiger partial charge in [0.25, 0.3) is 0 Å². The Bertz CT molecular complexity index is 223. The SMILES string of the molecule is C[C@H](NC(=O)OC(C)(C)C)C(=O)CCl. The van der Waals surface area contributed by atoms with Crippen LogP contribution in [0.4, 0.5) is 4.79 Å². The monoisotopic (exact) mass is 221 g/mol. The molecule has 14 heavy (non-hydrogen) atoms. The Labute approximate surface area is 88.9 Å². The van der Waals surface area contributed by atoms with E-state index in [1.807, 2.05) is 0 Å². The zero-order valence-corrected chi connectivity index (χ0v) is 9.64. The number of hydrogen-bond acceptors (Lipinski definition) is 3. The molecule has 82 valence electrons. The first kappa shape index (κ1) is 13.2. The Balaban J connectivity index is 4.01. The van der Waals surface area contributed by atoms with Crippen LogP contribution in [-0.4, -0.2) is 29.4 Å². The number of amides is 1. The Morgan fingerprint density at radius 2 is 1.93 bits per heavy atom. The summed E-state index contributed by atoms with van der Waals surface area (Å²) in [6.45, 7) is 6.82. The summed E-state index contributed by atoms with van der Waals surface area (Å²) in [4.78, 5) is 22.2. The quantitative estimate of drug-likeness (QED) is 0.739. The summed E-state index contributed by atoms with van der Waals surface area (Å²) in [5.74, 6) is -0.353. The highest BCUT2D eigenvalue weighted by Gasteiger charge is 2.20. The highest BCUT2D eigenvalue weighted by atomic mass is 35.5. The minimum absolute atomic E-state index is 0.114. The Morgan fingerprint density at radius 1 is 1.43 bits per heavy atom. The van der Waals surface area contributed by atoms with Gasteiger partial charge in [-0.15, -0.1) is 11.6 Å². The fourth-order valence-corrected chi connectivity index (χ4v) is 0.912. The van der Waals surface area contributed by atoms with Crippen LogP contribution >= 0.6 is 11.6 Å². The van der Waals surface area contributed by atoms with Gasteiger partial charge >= 0.3 is 6.09 Å². The number of alkyl carbamates (subject to hydrolysis) is 1. The number of carbonyl (C=O) groups is 2. The normalized spacial score (nSPS) is 13.2. The zero-order valence-electron chi connectivity index (χ0n) is 8.89. The Kier molecular flexibility index (Phi) is 4.91. The molecule has 0 radical (unpaired) electrons. The lowest BCUT2D eigenvalue weighted by atomic mass is 10.2. The Morgan fingerprint density at radius 3 is 2.29 bits per heavy atom. The van der Waals surface area contributed by atoms with Crippen LogP contribution < -0.4 is 5.32 Å². The average molecular weight is 222 g/mol. The molecule has 0 bridgehead atoms. The number of Topliss-reactive ketones (excluding diaryl/α,β-unsaturated/α-hetero) is 1. The summed E-state index contributed by atoms with van der Waals surface area (Å²) in [6, 6.07) is -0.609. The van der Waals surface area contributed by atoms with Crippen LogP contribution in [0.2, 0.25) is 0 Å². The molecule has 0 aromatic carbocycles. The van der Waals surface area contributed by atoms with E-state index in [4.69, 9.17) is 16.3 Å². The van der Waals surface area contributed by atoms with Gasteiger partial charge in [0.1, 0.15) is 5.60 Å². The smallest absolute Gasteiger partial charge is 0.408 e. The second kappa shape index (κ2) is 5.20. The topological polar surface area (TPSA) is 55.4 Å². The van der Waals surface area contributed by atoms with E-state index in [9.17, 15) is 9.59 Å². The Hall–Kier alpha value is -0.770. The number of ketones is 1. The van der Waals surface area contributed by atoms with Crippen molar-refractivity contribution in [2.45, 2.75) is 39.3 Å². The molecular formula is C9H16ClNO3. The van der Waals surface area contributed by atoms with Crippen LogP contribution in [0.15, 0.2) is 0 Å². The summed E-state index contributed by atoms with van der Waals surface area (Å²) >= 11 is 5.32. The van der Waals surface area contributed by atoms with Crippen molar-refractivity contribution in [3.63, 3.8) is 0 Å². The molecule has 0 spiro atoms. The van der Waals surface area contributed by atoms with Crippen molar-refractivity contribution in [2.75, 3.05) is 5.88 Å². The molecule has 0 saturated heterocycles. The van der Waals surface area contributed by atoms with Crippen LogP contribution in [0.5, 0.6) is 0 Å². The van der Waals surface area contributed by atoms with Crippen LogP contribution in [-0.2, 0) is 9.53 Å². The van der Waals surface area contributed by atoms with Gasteiger partial charge in [0, 0.05) is 0 Å². The lowest BCUT2D eigenvalue weighted by molar-refractivity contribution is -0.118. The number of nitrogens with one attached hydrogen (secondary N) is 1. The van der Waals surface area contributed by atoms with Gasteiger partial charge in [-0.1, -0.05) is 0 Å². The van der Waals surface area contributed by atoms with Crippen molar-refractivity contribution in [3.05, 3.63) is 0 Å². The molecule has 0 aliphatic rings. The summed E-state index contributed by atoms with van der Waals surface area (Å²) in [5.41, 5.74) is -0.562. The molecule has 0 heterocycles. The summed E-state index contributed by atoms with van der Waals surface area (Å²) < 4.78 is 4.96. The van der Waals surface area contributed by atoms with Gasteiger partial charge < -0.3 is 10.1 Å². The highest BCUT2D eigenvalue weighted by Crippen LogP contribution is 2.06. The predicted molar refractivity (Wildman–Crippen MR) is 54.6 cm³/mol. The molecule has 0 aliphatic carbocycles. The zero-order chi connectivity index (χ0) is 11.4. The predicted octanol–water partition coefficient (Wildman–Crippen LogP) is 1.71. The number of hydrogen-bond donors (Lipinski definition) is 1. The minimum Gasteiger partial charge on any atom is -0.444 e. The summed E-state index contributed by atoms with van der Waals surface area (Å²) in [7, 11) is 0. The van der Waals surface area contributed by atoms with Gasteiger partial charge in [0.05, 0.1) is 11.9 Å². The van der Waals surface area contributed by atoms with Crippen molar-refractivity contribution >= 4 is 23.5 Å². The maximum atomic E-state index is 11.2. The van der Waals surface area contributed by atoms with E-state index in [0.29, 0.717) is 0 Å². The van der Waals surface area contributed by atoms with Gasteiger partial charge in [-0.25, -0.2) is 4.79 Å². The van der Waals surface area contributed by atoms with Crippen LogP contribution in [0.1, 0.15) is 27.7 Å². The average Bonchev–Trinajstić information content (AvgIpc) is 1.99. The standard InChI is InChI=1S/C9H16ClNO3/c1-6(7(12)5-10)11-8(13)14-9(2,3)4/h6H,5H2,1-4H3,(H,11,13)/t6-/m0/s1. The van der Waals surface area contributed by atoms with Gasteiger partial charge in [0.15, 0.2) is 5.78 Å². The molecule has 1 atom stereocenters.